The molecule has 0 saturated carbocycles. The first-order valence-corrected chi connectivity index (χ1v) is 8.53. The fourth-order valence-corrected chi connectivity index (χ4v) is 3.10. The molecule has 0 spiro atoms. The predicted octanol–water partition coefficient (Wildman–Crippen LogP) is 2.25. The number of carboxylic acid groups (broad SMARTS) is 1. The summed E-state index contributed by atoms with van der Waals surface area (Å²) in [5, 5.41) is 15.2. The number of carbonyl (C=O) groups excluding carboxylic acids is 2. The van der Waals surface area contributed by atoms with Crippen molar-refractivity contribution in [1.82, 2.24) is 15.3 Å². The number of para-hydroxylation sites is 1. The molecule has 0 aliphatic heterocycles. The van der Waals surface area contributed by atoms with Crippen LogP contribution < -0.4 is 10.4 Å². The number of hydrogen-bond donors (Lipinski definition) is 2. The van der Waals surface area contributed by atoms with Crippen molar-refractivity contribution in [3.05, 3.63) is 66.4 Å². The molecule has 0 radical (unpaired) electrons. The average Bonchev–Trinajstić information content (AvgIpc) is 3.06. The molecule has 0 fully saturated rings. The number of pyridine rings is 1. The summed E-state index contributed by atoms with van der Waals surface area (Å²) in [6.07, 6.45) is 0. The molecular formula is C21H16N3O3-. The van der Waals surface area contributed by atoms with Gasteiger partial charge >= 0.3 is 0 Å². The van der Waals surface area contributed by atoms with Gasteiger partial charge in [-0.15, -0.1) is 0 Å². The number of nitrogens with one attached hydrogen (secondary N) is 2. The Morgan fingerprint density at radius 1 is 1.04 bits per heavy atom. The zero-order chi connectivity index (χ0) is 19.0. The van der Waals surface area contributed by atoms with Crippen molar-refractivity contribution in [1.29, 1.82) is 0 Å². The quantitative estimate of drug-likeness (QED) is 0.585. The maximum Gasteiger partial charge on any atom is 0.270 e. The van der Waals surface area contributed by atoms with Crippen molar-refractivity contribution in [3.8, 4) is 11.3 Å². The van der Waals surface area contributed by atoms with Gasteiger partial charge in [0.15, 0.2) is 0 Å². The van der Waals surface area contributed by atoms with Gasteiger partial charge in [0.1, 0.15) is 5.69 Å². The van der Waals surface area contributed by atoms with Crippen LogP contribution in [0.5, 0.6) is 0 Å². The van der Waals surface area contributed by atoms with E-state index >= 15 is 0 Å². The largest absolute Gasteiger partial charge is 0.548 e. The van der Waals surface area contributed by atoms with Crippen LogP contribution in [0.25, 0.3) is 33.1 Å². The molecule has 1 amide bonds. The van der Waals surface area contributed by atoms with Crippen LogP contribution in [0.2, 0.25) is 0 Å². The number of aromatic amines is 1. The smallest absolute Gasteiger partial charge is 0.270 e. The third-order valence-corrected chi connectivity index (χ3v) is 4.48. The van der Waals surface area contributed by atoms with Gasteiger partial charge in [-0.05, 0) is 19.1 Å². The van der Waals surface area contributed by atoms with Crippen molar-refractivity contribution >= 4 is 33.7 Å². The molecular weight excluding hydrogens is 342 g/mol. The van der Waals surface area contributed by atoms with Gasteiger partial charge in [0, 0.05) is 21.9 Å². The number of rotatable bonds is 4. The zero-order valence-electron chi connectivity index (χ0n) is 14.5. The molecule has 2 aromatic carbocycles. The third kappa shape index (κ3) is 3.01. The lowest BCUT2D eigenvalue weighted by Crippen LogP contribution is -2.46. The van der Waals surface area contributed by atoms with Gasteiger partial charge < -0.3 is 20.2 Å². The first-order chi connectivity index (χ1) is 13.0. The lowest BCUT2D eigenvalue weighted by molar-refractivity contribution is -0.307. The number of aromatic nitrogens is 2. The number of carbonyl (C=O) groups is 2. The summed E-state index contributed by atoms with van der Waals surface area (Å²) in [6, 6.07) is 17.9. The lowest BCUT2D eigenvalue weighted by Gasteiger charge is -2.15. The van der Waals surface area contributed by atoms with Crippen LogP contribution >= 0.6 is 0 Å². The topological polar surface area (TPSA) is 97.9 Å². The Kier molecular flexibility index (Phi) is 4.08. The normalized spacial score (nSPS) is 12.2. The third-order valence-electron chi connectivity index (χ3n) is 4.48. The lowest BCUT2D eigenvalue weighted by atomic mass is 10.1. The van der Waals surface area contributed by atoms with Crippen molar-refractivity contribution in [2.75, 3.05) is 0 Å². The van der Waals surface area contributed by atoms with Gasteiger partial charge in [-0.2, -0.15) is 0 Å². The summed E-state index contributed by atoms with van der Waals surface area (Å²) in [5.74, 6) is -1.91. The van der Waals surface area contributed by atoms with E-state index in [1.807, 2.05) is 54.6 Å². The molecule has 4 aromatic rings. The molecule has 27 heavy (non-hydrogen) atoms. The van der Waals surface area contributed by atoms with Crippen LogP contribution in [-0.4, -0.2) is 27.9 Å². The zero-order valence-corrected chi connectivity index (χ0v) is 14.5. The fraction of sp³-hybridized carbons (Fsp3) is 0.0952. The van der Waals surface area contributed by atoms with Crippen LogP contribution in [0.3, 0.4) is 0 Å². The summed E-state index contributed by atoms with van der Waals surface area (Å²) in [6.45, 7) is 1.36. The average molecular weight is 358 g/mol. The van der Waals surface area contributed by atoms with Crippen LogP contribution in [0.4, 0.5) is 0 Å². The molecule has 0 bridgehead atoms. The van der Waals surface area contributed by atoms with E-state index < -0.39 is 17.9 Å². The van der Waals surface area contributed by atoms with E-state index in [1.54, 1.807) is 6.07 Å². The van der Waals surface area contributed by atoms with Gasteiger partial charge in [0.25, 0.3) is 5.91 Å². The summed E-state index contributed by atoms with van der Waals surface area (Å²) >= 11 is 0. The van der Waals surface area contributed by atoms with Crippen molar-refractivity contribution in [2.24, 2.45) is 0 Å². The Hall–Kier alpha value is -3.67. The highest BCUT2D eigenvalue weighted by atomic mass is 16.4. The summed E-state index contributed by atoms with van der Waals surface area (Å²) in [5.41, 5.74) is 3.41. The van der Waals surface area contributed by atoms with E-state index in [-0.39, 0.29) is 5.69 Å². The highest BCUT2D eigenvalue weighted by Crippen LogP contribution is 2.32. The summed E-state index contributed by atoms with van der Waals surface area (Å²) in [4.78, 5) is 31.4. The summed E-state index contributed by atoms with van der Waals surface area (Å²) in [7, 11) is 0. The maximum absolute atomic E-state index is 12.6. The molecule has 134 valence electrons. The van der Waals surface area contributed by atoms with Crippen LogP contribution in [0.1, 0.15) is 17.4 Å². The minimum Gasteiger partial charge on any atom is -0.548 e. The fourth-order valence-electron chi connectivity index (χ4n) is 3.10. The molecule has 2 N–H and O–H groups in total. The van der Waals surface area contributed by atoms with E-state index in [4.69, 9.17) is 0 Å². The van der Waals surface area contributed by atoms with E-state index in [0.29, 0.717) is 5.69 Å². The molecule has 1 atom stereocenters. The van der Waals surface area contributed by atoms with E-state index in [1.165, 1.54) is 6.92 Å². The van der Waals surface area contributed by atoms with Gasteiger partial charge in [-0.3, -0.25) is 4.79 Å². The molecule has 4 rings (SSSR count). The first kappa shape index (κ1) is 16.8. The molecule has 0 aliphatic carbocycles. The Labute approximate surface area is 154 Å². The van der Waals surface area contributed by atoms with E-state index in [9.17, 15) is 14.7 Å². The Morgan fingerprint density at radius 3 is 2.48 bits per heavy atom. The molecule has 2 aromatic heterocycles. The number of fused-ring (bicyclic) bond motifs is 3. The number of nitrogens with zero attached hydrogens (tertiary/aromatic N) is 1. The number of carboxylic acids is 1. The Morgan fingerprint density at radius 2 is 1.74 bits per heavy atom. The van der Waals surface area contributed by atoms with Crippen LogP contribution in [0, 0.1) is 0 Å². The monoisotopic (exact) mass is 358 g/mol. The second-order valence-corrected chi connectivity index (χ2v) is 6.33. The van der Waals surface area contributed by atoms with Crippen molar-refractivity contribution < 1.29 is 14.7 Å². The first-order valence-electron chi connectivity index (χ1n) is 8.53. The molecule has 6 nitrogen and oxygen atoms in total. The van der Waals surface area contributed by atoms with Crippen LogP contribution in [-0.2, 0) is 4.79 Å². The van der Waals surface area contributed by atoms with Crippen molar-refractivity contribution in [3.63, 3.8) is 0 Å². The summed E-state index contributed by atoms with van der Waals surface area (Å²) < 4.78 is 0. The van der Waals surface area contributed by atoms with Gasteiger partial charge in [0.2, 0.25) is 0 Å². The molecule has 0 saturated heterocycles. The molecule has 0 unspecified atom stereocenters. The number of aliphatic carboxylic acids is 1. The molecule has 0 aliphatic rings. The standard InChI is InChI=1S/C21H17N3O3/c1-12(21(26)27)22-20(25)17-11-15-14-9-5-6-10-16(14)23-19(15)18(24-17)13-7-3-2-4-8-13/h2-12,23H,1H3,(H,22,25)(H,26,27)/p-1/t12-/m0/s1. The van der Waals surface area contributed by atoms with E-state index in [0.717, 1.165) is 27.4 Å². The molecule has 2 heterocycles. The highest BCUT2D eigenvalue weighted by molar-refractivity contribution is 6.13. The number of H-pyrrole nitrogens is 1. The minimum atomic E-state index is -1.35. The second-order valence-electron chi connectivity index (χ2n) is 6.33. The highest BCUT2D eigenvalue weighted by Gasteiger charge is 2.18. The SMILES string of the molecule is C[C@H](NC(=O)c1cc2c([nH]c3ccccc32)c(-c2ccccc2)n1)C(=O)[O-]. The number of benzene rings is 2. The maximum atomic E-state index is 12.6. The second kappa shape index (κ2) is 6.57. The van der Waals surface area contributed by atoms with Crippen LogP contribution in [0.15, 0.2) is 60.7 Å². The Balaban J connectivity index is 1.94. The number of amides is 1. The van der Waals surface area contributed by atoms with Crippen molar-refractivity contribution in [2.45, 2.75) is 13.0 Å². The van der Waals surface area contributed by atoms with Gasteiger partial charge in [-0.25, -0.2) is 4.98 Å². The van der Waals surface area contributed by atoms with Gasteiger partial charge in [-0.1, -0.05) is 48.5 Å². The number of hydrogen-bond acceptors (Lipinski definition) is 4. The molecule has 6 heteroatoms. The predicted molar refractivity (Wildman–Crippen MR) is 101 cm³/mol. The Bertz CT molecular complexity index is 1170. The van der Waals surface area contributed by atoms with Gasteiger partial charge in [0.05, 0.1) is 23.2 Å². The van der Waals surface area contributed by atoms with E-state index in [2.05, 4.69) is 15.3 Å². The minimum absolute atomic E-state index is 0.152.